The zero-order chi connectivity index (χ0) is 9.97. The zero-order valence-electron chi connectivity index (χ0n) is 7.94. The van der Waals surface area contributed by atoms with E-state index in [1.807, 2.05) is 4.68 Å². The summed E-state index contributed by atoms with van der Waals surface area (Å²) in [6, 6.07) is 0. The van der Waals surface area contributed by atoms with Crippen LogP contribution in [-0.4, -0.2) is 20.0 Å². The van der Waals surface area contributed by atoms with E-state index in [0.29, 0.717) is 0 Å². The maximum atomic E-state index is 4.09. The number of pyridine rings is 1. The molecule has 2 aromatic rings. The number of fused-ring (bicyclic) bond motifs is 1. The average Bonchev–Trinajstić information content (AvgIpc) is 2.59. The summed E-state index contributed by atoms with van der Waals surface area (Å²) in [5.74, 6) is 0. The fourth-order valence-electron chi connectivity index (χ4n) is 1.36. The van der Waals surface area contributed by atoms with Crippen molar-refractivity contribution in [2.24, 2.45) is 0 Å². The van der Waals surface area contributed by atoms with E-state index in [-0.39, 0.29) is 0 Å². The van der Waals surface area contributed by atoms with Gasteiger partial charge < -0.3 is 0 Å². The molecule has 0 saturated carbocycles. The van der Waals surface area contributed by atoms with Gasteiger partial charge in [-0.1, -0.05) is 18.6 Å². The van der Waals surface area contributed by atoms with Crippen LogP contribution in [0.25, 0.3) is 11.0 Å². The van der Waals surface area contributed by atoms with E-state index < -0.39 is 0 Å². The highest BCUT2D eigenvalue weighted by Gasteiger charge is 2.07. The van der Waals surface area contributed by atoms with Crippen LogP contribution in [0.3, 0.4) is 0 Å². The Labute approximate surface area is 90.5 Å². The van der Waals surface area contributed by atoms with Crippen molar-refractivity contribution < 1.29 is 0 Å². The van der Waals surface area contributed by atoms with E-state index in [0.717, 1.165) is 34.9 Å². The number of unbranched alkanes of at least 4 members (excludes halogenated alkanes) is 1. The molecule has 0 bridgehead atoms. The molecule has 74 valence electrons. The predicted molar refractivity (Wildman–Crippen MR) is 57.9 cm³/mol. The van der Waals surface area contributed by atoms with Gasteiger partial charge in [0.1, 0.15) is 11.0 Å². The molecule has 2 heterocycles. The fourth-order valence-corrected chi connectivity index (χ4v) is 1.88. The molecule has 0 fully saturated rings. The van der Waals surface area contributed by atoms with Crippen molar-refractivity contribution in [2.45, 2.75) is 26.3 Å². The molecule has 0 atom stereocenters. The predicted octanol–water partition coefficient (Wildman–Crippen LogP) is 2.39. The molecule has 0 saturated heterocycles. The largest absolute Gasteiger partial charge is 0.261 e. The maximum absolute atomic E-state index is 4.09. The highest BCUT2D eigenvalue weighted by atomic mass is 79.9. The van der Waals surface area contributed by atoms with Crippen LogP contribution in [0.1, 0.15) is 19.8 Å². The number of rotatable bonds is 3. The molecular formula is C9H11BrN4. The summed E-state index contributed by atoms with van der Waals surface area (Å²) in [5.41, 5.74) is 1.88. The van der Waals surface area contributed by atoms with Crippen molar-refractivity contribution >= 4 is 27.0 Å². The number of aryl methyl sites for hydroxylation is 1. The van der Waals surface area contributed by atoms with Crippen LogP contribution in [0.2, 0.25) is 0 Å². The monoisotopic (exact) mass is 254 g/mol. The first-order valence-electron chi connectivity index (χ1n) is 4.65. The Kier molecular flexibility index (Phi) is 2.77. The van der Waals surface area contributed by atoms with Gasteiger partial charge in [-0.2, -0.15) is 0 Å². The first-order chi connectivity index (χ1) is 6.83. The smallest absolute Gasteiger partial charge is 0.132 e. The molecule has 0 spiro atoms. The Morgan fingerprint density at radius 3 is 3.07 bits per heavy atom. The van der Waals surface area contributed by atoms with Gasteiger partial charge in [-0.3, -0.25) is 4.98 Å². The first-order valence-corrected chi connectivity index (χ1v) is 5.45. The van der Waals surface area contributed by atoms with E-state index in [1.165, 1.54) is 0 Å². The molecule has 5 heteroatoms. The summed E-state index contributed by atoms with van der Waals surface area (Å²) in [6.07, 6.45) is 5.78. The fraction of sp³-hybridized carbons (Fsp3) is 0.444. The minimum atomic E-state index is 0.843. The van der Waals surface area contributed by atoms with Crippen LogP contribution in [0.15, 0.2) is 16.9 Å². The molecule has 0 unspecified atom stereocenters. The van der Waals surface area contributed by atoms with Gasteiger partial charge in [-0.05, 0) is 22.4 Å². The lowest BCUT2D eigenvalue weighted by molar-refractivity contribution is 0.567. The summed E-state index contributed by atoms with van der Waals surface area (Å²) < 4.78 is 2.88. The zero-order valence-corrected chi connectivity index (χ0v) is 9.53. The highest BCUT2D eigenvalue weighted by molar-refractivity contribution is 9.10. The minimum Gasteiger partial charge on any atom is -0.261 e. The average molecular weight is 255 g/mol. The minimum absolute atomic E-state index is 0.843. The van der Waals surface area contributed by atoms with Crippen molar-refractivity contribution in [1.82, 2.24) is 20.0 Å². The van der Waals surface area contributed by atoms with Crippen LogP contribution in [0.5, 0.6) is 0 Å². The molecule has 0 N–H and O–H groups in total. The maximum Gasteiger partial charge on any atom is 0.132 e. The van der Waals surface area contributed by atoms with E-state index >= 15 is 0 Å². The molecule has 0 aromatic carbocycles. The number of nitrogens with zero attached hydrogens (tertiary/aromatic N) is 4. The Hall–Kier alpha value is -0.970. The van der Waals surface area contributed by atoms with E-state index in [9.17, 15) is 0 Å². The third-order valence-corrected chi connectivity index (χ3v) is 2.68. The molecule has 4 nitrogen and oxygen atoms in total. The SMILES string of the molecule is CCCCn1nnc2cncc(Br)c21. The topological polar surface area (TPSA) is 43.6 Å². The quantitative estimate of drug-likeness (QED) is 0.845. The second-order valence-electron chi connectivity index (χ2n) is 3.16. The van der Waals surface area contributed by atoms with Crippen LogP contribution in [0.4, 0.5) is 0 Å². The van der Waals surface area contributed by atoms with Gasteiger partial charge in [0.05, 0.1) is 10.7 Å². The molecular weight excluding hydrogens is 244 g/mol. The summed E-state index contributed by atoms with van der Waals surface area (Å²) in [5, 5.41) is 8.14. The number of hydrogen-bond donors (Lipinski definition) is 0. The third kappa shape index (κ3) is 1.64. The van der Waals surface area contributed by atoms with Crippen molar-refractivity contribution in [3.8, 4) is 0 Å². The van der Waals surface area contributed by atoms with Crippen molar-refractivity contribution in [2.75, 3.05) is 0 Å². The molecule has 0 amide bonds. The highest BCUT2D eigenvalue weighted by Crippen LogP contribution is 2.20. The summed E-state index contributed by atoms with van der Waals surface area (Å²) in [7, 11) is 0. The van der Waals surface area contributed by atoms with Crippen LogP contribution < -0.4 is 0 Å². The standard InChI is InChI=1S/C9H11BrN4/c1-2-3-4-14-9-7(10)5-11-6-8(9)12-13-14/h5-6H,2-4H2,1H3. The lowest BCUT2D eigenvalue weighted by atomic mass is 10.3. The molecule has 2 rings (SSSR count). The van der Waals surface area contributed by atoms with Crippen molar-refractivity contribution in [3.05, 3.63) is 16.9 Å². The van der Waals surface area contributed by atoms with Crippen molar-refractivity contribution in [1.29, 1.82) is 0 Å². The first kappa shape index (κ1) is 9.58. The number of aromatic nitrogens is 4. The van der Waals surface area contributed by atoms with E-state index in [4.69, 9.17) is 0 Å². The third-order valence-electron chi connectivity index (χ3n) is 2.10. The van der Waals surface area contributed by atoms with Gasteiger partial charge >= 0.3 is 0 Å². The lowest BCUT2D eigenvalue weighted by Gasteiger charge is -2.00. The van der Waals surface area contributed by atoms with Gasteiger partial charge in [0, 0.05) is 12.7 Å². The Morgan fingerprint density at radius 2 is 2.29 bits per heavy atom. The Morgan fingerprint density at radius 1 is 1.43 bits per heavy atom. The number of hydrogen-bond acceptors (Lipinski definition) is 3. The molecule has 2 aromatic heterocycles. The molecule has 0 aliphatic carbocycles. The van der Waals surface area contributed by atoms with Crippen LogP contribution in [-0.2, 0) is 6.54 Å². The van der Waals surface area contributed by atoms with Gasteiger partial charge in [-0.15, -0.1) is 5.10 Å². The molecule has 0 radical (unpaired) electrons. The number of halogens is 1. The van der Waals surface area contributed by atoms with Gasteiger partial charge in [0.15, 0.2) is 0 Å². The Bertz CT molecular complexity index is 437. The summed E-state index contributed by atoms with van der Waals surface area (Å²) in [4.78, 5) is 4.04. The summed E-state index contributed by atoms with van der Waals surface area (Å²) >= 11 is 3.46. The lowest BCUT2D eigenvalue weighted by Crippen LogP contribution is -2.00. The van der Waals surface area contributed by atoms with E-state index in [1.54, 1.807) is 12.4 Å². The summed E-state index contributed by atoms with van der Waals surface area (Å²) in [6.45, 7) is 3.07. The normalized spacial score (nSPS) is 11.0. The van der Waals surface area contributed by atoms with Crippen LogP contribution >= 0.6 is 15.9 Å². The second kappa shape index (κ2) is 4.04. The van der Waals surface area contributed by atoms with Gasteiger partial charge in [0.2, 0.25) is 0 Å². The van der Waals surface area contributed by atoms with E-state index in [2.05, 4.69) is 38.1 Å². The Balaban J connectivity index is 2.45. The van der Waals surface area contributed by atoms with Crippen LogP contribution in [0, 0.1) is 0 Å². The van der Waals surface area contributed by atoms with Gasteiger partial charge in [-0.25, -0.2) is 4.68 Å². The molecule has 14 heavy (non-hydrogen) atoms. The van der Waals surface area contributed by atoms with Gasteiger partial charge in [0.25, 0.3) is 0 Å². The van der Waals surface area contributed by atoms with Crippen molar-refractivity contribution in [3.63, 3.8) is 0 Å². The molecule has 0 aliphatic rings. The second-order valence-corrected chi connectivity index (χ2v) is 4.01. The molecule has 0 aliphatic heterocycles.